The molecule has 1 aromatic carbocycles. The predicted molar refractivity (Wildman–Crippen MR) is 80.6 cm³/mol. The topological polar surface area (TPSA) is 93.5 Å². The van der Waals surface area contributed by atoms with Gasteiger partial charge < -0.3 is 15.4 Å². The lowest BCUT2D eigenvalue weighted by Gasteiger charge is -2.09. The number of carbonyl (C=O) groups is 1. The van der Waals surface area contributed by atoms with Crippen LogP contribution in [0.2, 0.25) is 0 Å². The normalized spacial score (nSPS) is 10.5. The highest BCUT2D eigenvalue weighted by molar-refractivity contribution is 5.95. The van der Waals surface area contributed by atoms with E-state index in [0.29, 0.717) is 36.9 Å². The zero-order chi connectivity index (χ0) is 15.8. The van der Waals surface area contributed by atoms with Crippen LogP contribution in [0.3, 0.4) is 0 Å². The third kappa shape index (κ3) is 5.39. The van der Waals surface area contributed by atoms with Crippen LogP contribution in [0.4, 0.5) is 11.4 Å². The molecule has 0 atom stereocenters. The molecule has 0 saturated heterocycles. The van der Waals surface area contributed by atoms with E-state index in [1.807, 2.05) is 0 Å². The summed E-state index contributed by atoms with van der Waals surface area (Å²) in [6.07, 6.45) is 0. The molecule has 7 heteroatoms. The average Bonchev–Trinajstić information content (AvgIpc) is 2.45. The molecular formula is C14H21N3O4. The van der Waals surface area contributed by atoms with Crippen LogP contribution < -0.4 is 10.6 Å². The first kappa shape index (κ1) is 16.9. The van der Waals surface area contributed by atoms with Crippen molar-refractivity contribution >= 4 is 17.3 Å². The van der Waals surface area contributed by atoms with Gasteiger partial charge in [-0.15, -0.1) is 0 Å². The minimum Gasteiger partial charge on any atom is -0.383 e. The Morgan fingerprint density at radius 2 is 2.14 bits per heavy atom. The van der Waals surface area contributed by atoms with Gasteiger partial charge in [0, 0.05) is 31.8 Å². The second kappa shape index (κ2) is 8.21. The number of ether oxygens (including phenoxy) is 1. The van der Waals surface area contributed by atoms with Crippen LogP contribution in [-0.4, -0.2) is 37.6 Å². The van der Waals surface area contributed by atoms with E-state index in [1.165, 1.54) is 18.2 Å². The molecule has 116 valence electrons. The third-order valence-electron chi connectivity index (χ3n) is 2.71. The Bertz CT molecular complexity index is 503. The number of benzene rings is 1. The summed E-state index contributed by atoms with van der Waals surface area (Å²) in [7, 11) is 1.57. The van der Waals surface area contributed by atoms with Gasteiger partial charge in [0.25, 0.3) is 11.6 Å². The van der Waals surface area contributed by atoms with Crippen LogP contribution in [0.15, 0.2) is 18.2 Å². The van der Waals surface area contributed by atoms with Crippen molar-refractivity contribution in [2.45, 2.75) is 13.8 Å². The molecule has 1 rings (SSSR count). The van der Waals surface area contributed by atoms with Crippen molar-refractivity contribution in [3.8, 4) is 0 Å². The van der Waals surface area contributed by atoms with E-state index in [2.05, 4.69) is 24.5 Å². The minimum absolute atomic E-state index is 0.0608. The van der Waals surface area contributed by atoms with Crippen molar-refractivity contribution in [3.05, 3.63) is 33.9 Å². The SMILES string of the molecule is CNc1cc(C(=O)NCCOCC(C)C)ccc1[N+](=O)[O-]. The molecule has 1 amide bonds. The summed E-state index contributed by atoms with van der Waals surface area (Å²) in [5, 5.41) is 16.2. The van der Waals surface area contributed by atoms with E-state index in [-0.39, 0.29) is 11.6 Å². The summed E-state index contributed by atoms with van der Waals surface area (Å²) in [6, 6.07) is 4.21. The van der Waals surface area contributed by atoms with Gasteiger partial charge >= 0.3 is 0 Å². The Labute approximate surface area is 123 Å². The Morgan fingerprint density at radius 1 is 1.43 bits per heavy atom. The largest absolute Gasteiger partial charge is 0.383 e. The van der Waals surface area contributed by atoms with Gasteiger partial charge in [0.1, 0.15) is 5.69 Å². The lowest BCUT2D eigenvalue weighted by Crippen LogP contribution is -2.27. The van der Waals surface area contributed by atoms with Crippen molar-refractivity contribution in [3.63, 3.8) is 0 Å². The molecule has 0 bridgehead atoms. The maximum atomic E-state index is 11.9. The number of nitrogens with one attached hydrogen (secondary N) is 2. The van der Waals surface area contributed by atoms with Crippen molar-refractivity contribution in [1.29, 1.82) is 0 Å². The first-order chi connectivity index (χ1) is 9.95. The maximum absolute atomic E-state index is 11.9. The highest BCUT2D eigenvalue weighted by Gasteiger charge is 2.15. The van der Waals surface area contributed by atoms with Crippen molar-refractivity contribution in [2.75, 3.05) is 32.1 Å². The van der Waals surface area contributed by atoms with Crippen molar-refractivity contribution < 1.29 is 14.5 Å². The van der Waals surface area contributed by atoms with E-state index < -0.39 is 4.92 Å². The Hall–Kier alpha value is -2.15. The molecule has 0 fully saturated rings. The summed E-state index contributed by atoms with van der Waals surface area (Å²) in [4.78, 5) is 22.2. The lowest BCUT2D eigenvalue weighted by atomic mass is 10.1. The van der Waals surface area contributed by atoms with Crippen LogP contribution in [0.25, 0.3) is 0 Å². The number of hydrogen-bond donors (Lipinski definition) is 2. The number of amides is 1. The summed E-state index contributed by atoms with van der Waals surface area (Å²) in [5.74, 6) is 0.170. The Morgan fingerprint density at radius 3 is 2.71 bits per heavy atom. The minimum atomic E-state index is -0.493. The Balaban J connectivity index is 2.56. The molecule has 0 spiro atoms. The van der Waals surface area contributed by atoms with Crippen LogP contribution in [-0.2, 0) is 4.74 Å². The molecule has 0 heterocycles. The van der Waals surface area contributed by atoms with Gasteiger partial charge in [-0.2, -0.15) is 0 Å². The summed E-state index contributed by atoms with van der Waals surface area (Å²) < 4.78 is 5.36. The first-order valence-electron chi connectivity index (χ1n) is 6.77. The van der Waals surface area contributed by atoms with Gasteiger partial charge in [0.2, 0.25) is 0 Å². The number of carbonyl (C=O) groups excluding carboxylic acids is 1. The van der Waals surface area contributed by atoms with E-state index in [9.17, 15) is 14.9 Å². The quantitative estimate of drug-likeness (QED) is 0.435. The van der Waals surface area contributed by atoms with Crippen LogP contribution in [0.1, 0.15) is 24.2 Å². The predicted octanol–water partition coefficient (Wildman–Crippen LogP) is 2.04. The summed E-state index contributed by atoms with van der Waals surface area (Å²) in [5.41, 5.74) is 0.617. The smallest absolute Gasteiger partial charge is 0.292 e. The van der Waals surface area contributed by atoms with Gasteiger partial charge in [-0.25, -0.2) is 0 Å². The zero-order valence-electron chi connectivity index (χ0n) is 12.5. The fourth-order valence-corrected chi connectivity index (χ4v) is 1.69. The number of nitrogens with zero attached hydrogens (tertiary/aromatic N) is 1. The highest BCUT2D eigenvalue weighted by atomic mass is 16.6. The molecule has 2 N–H and O–H groups in total. The molecule has 0 aliphatic rings. The Kier molecular flexibility index (Phi) is 6.61. The van der Waals surface area contributed by atoms with E-state index in [4.69, 9.17) is 4.74 Å². The number of nitro groups is 1. The molecule has 0 aliphatic carbocycles. The molecule has 0 aromatic heterocycles. The molecular weight excluding hydrogens is 274 g/mol. The number of rotatable bonds is 8. The maximum Gasteiger partial charge on any atom is 0.292 e. The van der Waals surface area contributed by atoms with Crippen LogP contribution in [0.5, 0.6) is 0 Å². The fourth-order valence-electron chi connectivity index (χ4n) is 1.69. The third-order valence-corrected chi connectivity index (χ3v) is 2.71. The lowest BCUT2D eigenvalue weighted by molar-refractivity contribution is -0.383. The van der Waals surface area contributed by atoms with Gasteiger partial charge in [0.15, 0.2) is 0 Å². The van der Waals surface area contributed by atoms with E-state index >= 15 is 0 Å². The van der Waals surface area contributed by atoms with Crippen molar-refractivity contribution in [2.24, 2.45) is 5.92 Å². The van der Waals surface area contributed by atoms with Crippen LogP contribution >= 0.6 is 0 Å². The molecule has 0 unspecified atom stereocenters. The number of hydrogen-bond acceptors (Lipinski definition) is 5. The molecule has 1 aromatic rings. The van der Waals surface area contributed by atoms with Gasteiger partial charge in [0.05, 0.1) is 11.5 Å². The highest BCUT2D eigenvalue weighted by Crippen LogP contribution is 2.24. The van der Waals surface area contributed by atoms with Crippen LogP contribution in [0, 0.1) is 16.0 Å². The zero-order valence-corrected chi connectivity index (χ0v) is 12.5. The summed E-state index contributed by atoms with van der Waals surface area (Å²) >= 11 is 0. The van der Waals surface area contributed by atoms with Gasteiger partial charge in [-0.05, 0) is 18.1 Å². The molecule has 0 radical (unpaired) electrons. The second-order valence-corrected chi connectivity index (χ2v) is 4.96. The number of nitro benzene ring substituents is 1. The van der Waals surface area contributed by atoms with E-state index in [1.54, 1.807) is 7.05 Å². The average molecular weight is 295 g/mol. The number of anilines is 1. The second-order valence-electron chi connectivity index (χ2n) is 4.96. The molecule has 0 saturated carbocycles. The molecule has 21 heavy (non-hydrogen) atoms. The molecule has 7 nitrogen and oxygen atoms in total. The first-order valence-corrected chi connectivity index (χ1v) is 6.77. The monoisotopic (exact) mass is 295 g/mol. The standard InChI is InChI=1S/C14H21N3O4/c1-10(2)9-21-7-6-16-14(18)11-4-5-13(17(19)20)12(8-11)15-3/h4-5,8,10,15H,6-7,9H2,1-3H3,(H,16,18). The van der Waals surface area contributed by atoms with E-state index in [0.717, 1.165) is 0 Å². The fraction of sp³-hybridized carbons (Fsp3) is 0.500. The summed E-state index contributed by atoms with van der Waals surface area (Å²) in [6.45, 7) is 5.59. The molecule has 0 aliphatic heterocycles. The van der Waals surface area contributed by atoms with Crippen molar-refractivity contribution in [1.82, 2.24) is 5.32 Å². The van der Waals surface area contributed by atoms with Gasteiger partial charge in [-0.3, -0.25) is 14.9 Å². The van der Waals surface area contributed by atoms with Gasteiger partial charge in [-0.1, -0.05) is 13.8 Å².